The summed E-state index contributed by atoms with van der Waals surface area (Å²) < 4.78 is 0. The zero-order valence-corrected chi connectivity index (χ0v) is 21.3. The van der Waals surface area contributed by atoms with Crippen molar-refractivity contribution >= 4 is 46.9 Å². The number of carbonyl (C=O) groups excluding carboxylic acids is 4. The van der Waals surface area contributed by atoms with E-state index < -0.39 is 0 Å². The van der Waals surface area contributed by atoms with Crippen LogP contribution in [0.3, 0.4) is 0 Å². The van der Waals surface area contributed by atoms with Crippen LogP contribution in [0.4, 0.5) is 11.4 Å². The molecule has 0 bridgehead atoms. The summed E-state index contributed by atoms with van der Waals surface area (Å²) in [5, 5.41) is 5.43. The molecule has 6 heteroatoms. The Morgan fingerprint density at radius 3 is 1.68 bits per heavy atom. The van der Waals surface area contributed by atoms with Gasteiger partial charge in [0.2, 0.25) is 0 Å². The monoisotopic (exact) mass is 504 g/mol. The molecule has 38 heavy (non-hydrogen) atoms. The van der Waals surface area contributed by atoms with Gasteiger partial charge in [0.25, 0.3) is 11.8 Å². The Morgan fingerprint density at radius 2 is 1.11 bits per heavy atom. The van der Waals surface area contributed by atoms with Crippen LogP contribution in [0.2, 0.25) is 0 Å². The molecule has 0 unspecified atom stereocenters. The van der Waals surface area contributed by atoms with Crippen molar-refractivity contribution in [3.05, 3.63) is 132 Å². The Hall–Kier alpha value is -5.10. The van der Waals surface area contributed by atoms with Gasteiger partial charge in [0.1, 0.15) is 0 Å². The Balaban J connectivity index is 1.62. The van der Waals surface area contributed by atoms with E-state index in [1.807, 2.05) is 6.07 Å². The van der Waals surface area contributed by atoms with Gasteiger partial charge in [-0.15, -0.1) is 0 Å². The van der Waals surface area contributed by atoms with Crippen molar-refractivity contribution < 1.29 is 19.2 Å². The van der Waals surface area contributed by atoms with Crippen molar-refractivity contribution in [1.29, 1.82) is 0 Å². The molecule has 190 valence electrons. The van der Waals surface area contributed by atoms with Crippen molar-refractivity contribution in [1.82, 2.24) is 0 Å². The fraction of sp³-hybridized carbons (Fsp3) is 0.0625. The van der Waals surface area contributed by atoms with Gasteiger partial charge in [0, 0.05) is 33.6 Å². The number of ketones is 2. The van der Waals surface area contributed by atoms with Gasteiger partial charge in [-0.2, -0.15) is 0 Å². The molecule has 0 aliphatic carbocycles. The highest BCUT2D eigenvalue weighted by Crippen LogP contribution is 2.16. The molecule has 0 radical (unpaired) electrons. The number of nitrogens with one attached hydrogen (secondary N) is 2. The van der Waals surface area contributed by atoms with Crippen LogP contribution in [0, 0.1) is 0 Å². The third-order valence-electron chi connectivity index (χ3n) is 5.37. The SMILES string of the molecule is C=C(C)C(=O)Nc1cccc(/C=C/C(=O)c2ccc(/C=C/C(=O)c3cccc(NC(=O)C(=C)C)c3)cc2)c1. The van der Waals surface area contributed by atoms with E-state index >= 15 is 0 Å². The molecule has 0 aliphatic rings. The van der Waals surface area contributed by atoms with Gasteiger partial charge in [0.05, 0.1) is 0 Å². The van der Waals surface area contributed by atoms with E-state index in [1.165, 1.54) is 12.2 Å². The lowest BCUT2D eigenvalue weighted by molar-refractivity contribution is -0.113. The minimum atomic E-state index is -0.310. The number of hydrogen-bond acceptors (Lipinski definition) is 4. The molecule has 3 aromatic rings. The van der Waals surface area contributed by atoms with E-state index in [0.29, 0.717) is 33.6 Å². The third kappa shape index (κ3) is 7.96. The molecule has 6 nitrogen and oxygen atoms in total. The topological polar surface area (TPSA) is 92.3 Å². The number of hydrogen-bond donors (Lipinski definition) is 2. The summed E-state index contributed by atoms with van der Waals surface area (Å²) in [6, 6.07) is 20.7. The van der Waals surface area contributed by atoms with E-state index in [2.05, 4.69) is 23.8 Å². The fourth-order valence-corrected chi connectivity index (χ4v) is 3.24. The van der Waals surface area contributed by atoms with Gasteiger partial charge in [-0.1, -0.05) is 73.8 Å². The lowest BCUT2D eigenvalue weighted by atomic mass is 10.0. The Morgan fingerprint density at radius 1 is 0.605 bits per heavy atom. The van der Waals surface area contributed by atoms with Crippen LogP contribution in [0.15, 0.2) is 109 Å². The third-order valence-corrected chi connectivity index (χ3v) is 5.37. The summed E-state index contributed by atoms with van der Waals surface area (Å²) in [6.45, 7) is 10.5. The zero-order valence-electron chi connectivity index (χ0n) is 21.3. The Bertz CT molecular complexity index is 1480. The molecule has 3 rings (SSSR count). The molecule has 0 aromatic heterocycles. The highest BCUT2D eigenvalue weighted by molar-refractivity contribution is 6.09. The van der Waals surface area contributed by atoms with Crippen LogP contribution in [0.1, 0.15) is 45.7 Å². The van der Waals surface area contributed by atoms with E-state index in [4.69, 9.17) is 0 Å². The van der Waals surface area contributed by atoms with Crippen LogP contribution >= 0.6 is 0 Å². The first-order chi connectivity index (χ1) is 18.1. The maximum Gasteiger partial charge on any atom is 0.250 e. The van der Waals surface area contributed by atoms with Gasteiger partial charge in [0.15, 0.2) is 11.6 Å². The second-order valence-corrected chi connectivity index (χ2v) is 8.69. The molecule has 0 saturated carbocycles. The smallest absolute Gasteiger partial charge is 0.250 e. The molecule has 0 saturated heterocycles. The quantitative estimate of drug-likeness (QED) is 0.243. The average Bonchev–Trinajstić information content (AvgIpc) is 2.90. The van der Waals surface area contributed by atoms with Crippen molar-refractivity contribution in [3.63, 3.8) is 0 Å². The summed E-state index contributed by atoms with van der Waals surface area (Å²) in [5.74, 6) is -0.975. The lowest BCUT2D eigenvalue weighted by Crippen LogP contribution is -2.12. The van der Waals surface area contributed by atoms with Crippen molar-refractivity contribution in [2.45, 2.75) is 13.8 Å². The molecule has 0 atom stereocenters. The average molecular weight is 505 g/mol. The summed E-state index contributed by atoms with van der Waals surface area (Å²) in [4.78, 5) is 48.8. The zero-order chi connectivity index (χ0) is 27.7. The fourth-order valence-electron chi connectivity index (χ4n) is 3.24. The number of benzene rings is 3. The predicted octanol–water partition coefficient (Wildman–Crippen LogP) is 6.51. The molecule has 0 aliphatic heterocycles. The van der Waals surface area contributed by atoms with E-state index in [1.54, 1.807) is 92.7 Å². The number of carbonyl (C=O) groups is 4. The Kier molecular flexibility index (Phi) is 9.21. The molecule has 2 N–H and O–H groups in total. The number of amides is 2. The predicted molar refractivity (Wildman–Crippen MR) is 153 cm³/mol. The Labute approximate surface area is 222 Å². The van der Waals surface area contributed by atoms with Crippen molar-refractivity contribution in [2.75, 3.05) is 10.6 Å². The van der Waals surface area contributed by atoms with Gasteiger partial charge in [-0.05, 0) is 61.4 Å². The molecule has 0 spiro atoms. The van der Waals surface area contributed by atoms with Crippen LogP contribution in [0.5, 0.6) is 0 Å². The normalized spacial score (nSPS) is 10.8. The summed E-state index contributed by atoms with van der Waals surface area (Å²) >= 11 is 0. The highest BCUT2D eigenvalue weighted by Gasteiger charge is 2.07. The second kappa shape index (κ2) is 12.7. The first-order valence-electron chi connectivity index (χ1n) is 11.8. The van der Waals surface area contributed by atoms with Crippen LogP contribution in [-0.2, 0) is 9.59 Å². The van der Waals surface area contributed by atoms with Gasteiger partial charge in [-0.25, -0.2) is 0 Å². The highest BCUT2D eigenvalue weighted by atomic mass is 16.2. The first kappa shape index (κ1) is 27.5. The minimum absolute atomic E-state index is 0.179. The van der Waals surface area contributed by atoms with Crippen molar-refractivity contribution in [2.24, 2.45) is 0 Å². The molecule has 3 aromatic carbocycles. The van der Waals surface area contributed by atoms with Gasteiger partial charge >= 0.3 is 0 Å². The molecular weight excluding hydrogens is 476 g/mol. The van der Waals surface area contributed by atoms with E-state index in [0.717, 1.165) is 11.1 Å². The molecule has 0 fully saturated rings. The summed E-state index contributed by atoms with van der Waals surface area (Å²) in [6.07, 6.45) is 6.25. The van der Waals surface area contributed by atoms with E-state index in [-0.39, 0.29) is 23.4 Å². The first-order valence-corrected chi connectivity index (χ1v) is 11.8. The largest absolute Gasteiger partial charge is 0.322 e. The lowest BCUT2D eigenvalue weighted by Gasteiger charge is -2.05. The summed E-state index contributed by atoms with van der Waals surface area (Å²) in [5.41, 5.74) is 4.35. The van der Waals surface area contributed by atoms with E-state index in [9.17, 15) is 19.2 Å². The number of anilines is 2. The van der Waals surface area contributed by atoms with Crippen molar-refractivity contribution in [3.8, 4) is 0 Å². The van der Waals surface area contributed by atoms with Crippen LogP contribution < -0.4 is 10.6 Å². The van der Waals surface area contributed by atoms with Crippen LogP contribution in [0.25, 0.3) is 12.2 Å². The maximum absolute atomic E-state index is 12.6. The second-order valence-electron chi connectivity index (χ2n) is 8.69. The number of allylic oxidation sites excluding steroid dienone is 2. The standard InChI is InChI=1S/C32H28N2O4/c1-21(2)31(37)33-27-9-5-7-24(19-27)14-18-29(35)25-15-11-23(12-16-25)13-17-30(36)26-8-6-10-28(20-26)34-32(38)22(3)4/h5-20H,1,3H2,2,4H3,(H,33,37)(H,34,38)/b17-13+,18-14+. The molecular formula is C32H28N2O4. The number of rotatable bonds is 10. The molecule has 2 amide bonds. The minimum Gasteiger partial charge on any atom is -0.322 e. The maximum atomic E-state index is 12.6. The van der Waals surface area contributed by atoms with Crippen LogP contribution in [-0.4, -0.2) is 23.4 Å². The summed E-state index contributed by atoms with van der Waals surface area (Å²) in [7, 11) is 0. The van der Waals surface area contributed by atoms with Gasteiger partial charge < -0.3 is 10.6 Å². The van der Waals surface area contributed by atoms with Gasteiger partial charge in [-0.3, -0.25) is 19.2 Å². The molecule has 0 heterocycles.